The van der Waals surface area contributed by atoms with E-state index in [1.807, 2.05) is 60.7 Å². The van der Waals surface area contributed by atoms with E-state index in [0.29, 0.717) is 23.3 Å². The van der Waals surface area contributed by atoms with Crippen LogP contribution in [0.3, 0.4) is 0 Å². The lowest BCUT2D eigenvalue weighted by Crippen LogP contribution is -2.32. The number of hydrogen-bond acceptors (Lipinski definition) is 4. The highest BCUT2D eigenvalue weighted by molar-refractivity contribution is 7.80. The van der Waals surface area contributed by atoms with Crippen LogP contribution in [0.25, 0.3) is 0 Å². The Morgan fingerprint density at radius 1 is 0.692 bits per heavy atom. The maximum atomic E-state index is 5.13. The third-order valence-electron chi connectivity index (χ3n) is 3.14. The molecule has 0 aliphatic carbocycles. The molecule has 0 bridgehead atoms. The zero-order valence-corrected chi connectivity index (χ0v) is 15.7. The molecule has 6 nitrogen and oxygen atoms in total. The molecule has 0 aliphatic rings. The highest BCUT2D eigenvalue weighted by Gasteiger charge is 1.94. The zero-order valence-electron chi connectivity index (χ0n) is 14.1. The van der Waals surface area contributed by atoms with Gasteiger partial charge >= 0.3 is 0 Å². The Morgan fingerprint density at radius 3 is 1.46 bits per heavy atom. The van der Waals surface area contributed by atoms with Crippen molar-refractivity contribution in [3.05, 3.63) is 71.8 Å². The Morgan fingerprint density at radius 2 is 1.08 bits per heavy atom. The van der Waals surface area contributed by atoms with Crippen molar-refractivity contribution in [2.24, 2.45) is 10.2 Å². The maximum absolute atomic E-state index is 5.13. The summed E-state index contributed by atoms with van der Waals surface area (Å²) in [5, 5.41) is 14.9. The number of hydrazone groups is 2. The lowest BCUT2D eigenvalue weighted by molar-refractivity contribution is 0.867. The highest BCUT2D eigenvalue weighted by atomic mass is 32.1. The first-order valence-electron chi connectivity index (χ1n) is 7.94. The van der Waals surface area contributed by atoms with Gasteiger partial charge in [0.15, 0.2) is 10.2 Å². The smallest absolute Gasteiger partial charge is 0.187 e. The third kappa shape index (κ3) is 8.32. The van der Waals surface area contributed by atoms with E-state index in [1.165, 1.54) is 12.4 Å². The van der Waals surface area contributed by atoms with Crippen LogP contribution in [0.1, 0.15) is 11.1 Å². The summed E-state index contributed by atoms with van der Waals surface area (Å²) in [6.07, 6.45) is 2.95. The highest BCUT2D eigenvalue weighted by Crippen LogP contribution is 1.97. The second kappa shape index (κ2) is 11.7. The molecule has 0 unspecified atom stereocenters. The molecule has 0 saturated carbocycles. The standard InChI is InChI=1S/C18H20N6S2/c25-17(19-13-15-7-3-1-4-8-15)23-21-11-12-22-24-18(26)20-14-16-9-5-2-6-10-16/h1-12H,13-14H2,(H2,19,23,25)(H2,20,24,26)/b21-11+,22-12+. The molecule has 0 amide bonds. The maximum Gasteiger partial charge on any atom is 0.187 e. The summed E-state index contributed by atoms with van der Waals surface area (Å²) >= 11 is 10.3. The van der Waals surface area contributed by atoms with Gasteiger partial charge in [-0.15, -0.1) is 0 Å². The number of thiocarbonyl (C=S) groups is 2. The first-order valence-corrected chi connectivity index (χ1v) is 8.76. The molecule has 2 aromatic rings. The van der Waals surface area contributed by atoms with Crippen molar-refractivity contribution in [2.75, 3.05) is 0 Å². The summed E-state index contributed by atoms with van der Waals surface area (Å²) in [6, 6.07) is 19.9. The molecule has 0 saturated heterocycles. The Bertz CT molecular complexity index is 681. The quantitative estimate of drug-likeness (QED) is 0.334. The van der Waals surface area contributed by atoms with E-state index in [1.54, 1.807) is 0 Å². The largest absolute Gasteiger partial charge is 0.357 e. The molecule has 0 radical (unpaired) electrons. The summed E-state index contributed by atoms with van der Waals surface area (Å²) < 4.78 is 0. The van der Waals surface area contributed by atoms with Crippen molar-refractivity contribution in [1.82, 2.24) is 21.5 Å². The molecule has 0 fully saturated rings. The lowest BCUT2D eigenvalue weighted by Gasteiger charge is -2.06. The Kier molecular flexibility index (Phi) is 8.74. The minimum atomic E-state index is 0.437. The Balaban J connectivity index is 1.57. The fraction of sp³-hybridized carbons (Fsp3) is 0.111. The van der Waals surface area contributed by atoms with Gasteiger partial charge in [0.2, 0.25) is 0 Å². The topological polar surface area (TPSA) is 72.8 Å². The van der Waals surface area contributed by atoms with Gasteiger partial charge in [0.25, 0.3) is 0 Å². The van der Waals surface area contributed by atoms with E-state index in [4.69, 9.17) is 24.4 Å². The van der Waals surface area contributed by atoms with Crippen molar-refractivity contribution in [2.45, 2.75) is 13.1 Å². The molecule has 134 valence electrons. The molecule has 26 heavy (non-hydrogen) atoms. The Hall–Kier alpha value is -2.84. The van der Waals surface area contributed by atoms with Crippen LogP contribution >= 0.6 is 24.4 Å². The van der Waals surface area contributed by atoms with Crippen LogP contribution in [-0.4, -0.2) is 22.7 Å². The van der Waals surface area contributed by atoms with Gasteiger partial charge in [-0.2, -0.15) is 10.2 Å². The van der Waals surface area contributed by atoms with Crippen LogP contribution in [0.4, 0.5) is 0 Å². The van der Waals surface area contributed by atoms with Gasteiger partial charge < -0.3 is 10.6 Å². The molecule has 0 aromatic heterocycles. The number of nitrogens with one attached hydrogen (secondary N) is 4. The zero-order chi connectivity index (χ0) is 18.5. The molecule has 0 atom stereocenters. The van der Waals surface area contributed by atoms with Gasteiger partial charge in [0, 0.05) is 13.1 Å². The van der Waals surface area contributed by atoms with Crippen LogP contribution < -0.4 is 21.5 Å². The van der Waals surface area contributed by atoms with Gasteiger partial charge in [-0.05, 0) is 35.6 Å². The fourth-order valence-electron chi connectivity index (χ4n) is 1.89. The normalized spacial score (nSPS) is 10.6. The van der Waals surface area contributed by atoms with Gasteiger partial charge in [0.1, 0.15) is 0 Å². The second-order valence-electron chi connectivity index (χ2n) is 5.12. The molecule has 2 aromatic carbocycles. The predicted octanol–water partition coefficient (Wildman–Crippen LogP) is 2.29. The molecule has 0 aliphatic heterocycles. The molecule has 8 heteroatoms. The average molecular weight is 385 g/mol. The molecule has 0 spiro atoms. The number of nitrogens with zero attached hydrogens (tertiary/aromatic N) is 2. The Labute approximate surface area is 163 Å². The second-order valence-corrected chi connectivity index (χ2v) is 5.93. The van der Waals surface area contributed by atoms with Crippen LogP contribution in [0.15, 0.2) is 70.9 Å². The summed E-state index contributed by atoms with van der Waals surface area (Å²) in [4.78, 5) is 0. The van der Waals surface area contributed by atoms with Crippen molar-refractivity contribution in [1.29, 1.82) is 0 Å². The van der Waals surface area contributed by atoms with Gasteiger partial charge in [-0.3, -0.25) is 10.9 Å². The monoisotopic (exact) mass is 384 g/mol. The predicted molar refractivity (Wildman–Crippen MR) is 115 cm³/mol. The van der Waals surface area contributed by atoms with Gasteiger partial charge in [0.05, 0.1) is 12.4 Å². The van der Waals surface area contributed by atoms with E-state index >= 15 is 0 Å². The molecule has 2 rings (SSSR count). The van der Waals surface area contributed by atoms with Crippen molar-refractivity contribution >= 4 is 47.1 Å². The van der Waals surface area contributed by atoms with E-state index in [9.17, 15) is 0 Å². The first-order chi connectivity index (χ1) is 12.7. The average Bonchev–Trinajstić information content (AvgIpc) is 2.69. The molecule has 0 heterocycles. The van der Waals surface area contributed by atoms with E-state index in [2.05, 4.69) is 31.7 Å². The first kappa shape index (κ1) is 19.5. The van der Waals surface area contributed by atoms with E-state index < -0.39 is 0 Å². The number of rotatable bonds is 7. The van der Waals surface area contributed by atoms with Crippen molar-refractivity contribution in [3.63, 3.8) is 0 Å². The number of benzene rings is 2. The summed E-state index contributed by atoms with van der Waals surface area (Å²) in [6.45, 7) is 1.28. The van der Waals surface area contributed by atoms with Crippen LogP contribution in [0.5, 0.6) is 0 Å². The number of hydrogen-bond donors (Lipinski definition) is 4. The summed E-state index contributed by atoms with van der Waals surface area (Å²) in [7, 11) is 0. The van der Waals surface area contributed by atoms with E-state index in [0.717, 1.165) is 11.1 Å². The van der Waals surface area contributed by atoms with Crippen molar-refractivity contribution < 1.29 is 0 Å². The lowest BCUT2D eigenvalue weighted by atomic mass is 10.2. The SMILES string of the molecule is S=C(NCc1ccccc1)N/N=C/C=N/NC(=S)NCc1ccccc1. The van der Waals surface area contributed by atoms with Crippen LogP contribution in [0, 0.1) is 0 Å². The minimum absolute atomic E-state index is 0.437. The van der Waals surface area contributed by atoms with Crippen molar-refractivity contribution in [3.8, 4) is 0 Å². The molecular formula is C18H20N6S2. The summed E-state index contributed by atoms with van der Waals surface area (Å²) in [5.74, 6) is 0. The molecule has 4 N–H and O–H groups in total. The van der Waals surface area contributed by atoms with Gasteiger partial charge in [-0.25, -0.2) is 0 Å². The summed E-state index contributed by atoms with van der Waals surface area (Å²) in [5.41, 5.74) is 7.70. The van der Waals surface area contributed by atoms with Crippen LogP contribution in [0.2, 0.25) is 0 Å². The van der Waals surface area contributed by atoms with Crippen LogP contribution in [-0.2, 0) is 13.1 Å². The molecular weight excluding hydrogens is 364 g/mol. The minimum Gasteiger partial charge on any atom is -0.357 e. The fourth-order valence-corrected chi connectivity index (χ4v) is 2.14. The third-order valence-corrected chi connectivity index (χ3v) is 3.61. The van der Waals surface area contributed by atoms with E-state index in [-0.39, 0.29) is 0 Å². The van der Waals surface area contributed by atoms with Gasteiger partial charge in [-0.1, -0.05) is 60.7 Å².